The Balaban J connectivity index is 2.46. The molecule has 0 saturated carbocycles. The highest BCUT2D eigenvalue weighted by molar-refractivity contribution is 6.13. The first-order valence-electron chi connectivity index (χ1n) is 11.2. The van der Waals surface area contributed by atoms with Gasteiger partial charge in [-0.25, -0.2) is 5.48 Å². The van der Waals surface area contributed by atoms with Crippen molar-refractivity contribution in [3.63, 3.8) is 0 Å². The molecule has 0 aliphatic heterocycles. The summed E-state index contributed by atoms with van der Waals surface area (Å²) >= 11 is 0. The van der Waals surface area contributed by atoms with E-state index < -0.39 is 5.91 Å². The summed E-state index contributed by atoms with van der Waals surface area (Å²) in [5.74, 6) is 0.124. The highest BCUT2D eigenvalue weighted by Crippen LogP contribution is 2.31. The Morgan fingerprint density at radius 3 is 2.71 bits per heavy atom. The number of methoxy groups -OCH3 is 1. The van der Waals surface area contributed by atoms with Crippen molar-refractivity contribution in [3.8, 4) is 17.0 Å². The number of amides is 1. The Morgan fingerprint density at radius 2 is 2.11 bits per heavy atom. The summed E-state index contributed by atoms with van der Waals surface area (Å²) in [7, 11) is 5.26. The first-order chi connectivity index (χ1) is 16.9. The lowest BCUT2D eigenvalue weighted by atomic mass is 10.1. The van der Waals surface area contributed by atoms with Crippen LogP contribution < -0.4 is 15.5 Å². The molecule has 1 amide bonds. The van der Waals surface area contributed by atoms with Gasteiger partial charge in [0.25, 0.3) is 5.91 Å². The molecule has 9 heteroatoms. The summed E-state index contributed by atoms with van der Waals surface area (Å²) in [5, 5.41) is 13.5. The topological polar surface area (TPSA) is 93.0 Å². The molecule has 1 heterocycles. The monoisotopic (exact) mass is 478 g/mol. The summed E-state index contributed by atoms with van der Waals surface area (Å²) in [6.45, 7) is 9.84. The third-order valence-electron chi connectivity index (χ3n) is 5.04. The third-order valence-corrected chi connectivity index (χ3v) is 5.04. The number of hydroxylamine groups is 1. The summed E-state index contributed by atoms with van der Waals surface area (Å²) in [5.41, 5.74) is 6.52. The van der Waals surface area contributed by atoms with Gasteiger partial charge in [-0.2, -0.15) is 10.2 Å². The van der Waals surface area contributed by atoms with Gasteiger partial charge in [0, 0.05) is 31.6 Å². The van der Waals surface area contributed by atoms with E-state index in [-0.39, 0.29) is 5.57 Å². The lowest BCUT2D eigenvalue weighted by Gasteiger charge is -2.17. The van der Waals surface area contributed by atoms with Crippen LogP contribution in [0.25, 0.3) is 11.3 Å². The minimum absolute atomic E-state index is 0.233. The number of aromatic nitrogens is 2. The first kappa shape index (κ1) is 27.1. The van der Waals surface area contributed by atoms with Crippen molar-refractivity contribution in [1.82, 2.24) is 20.3 Å². The summed E-state index contributed by atoms with van der Waals surface area (Å²) in [4.78, 5) is 18.0. The maximum absolute atomic E-state index is 12.9. The molecule has 0 atom stereocenters. The lowest BCUT2D eigenvalue weighted by Crippen LogP contribution is -2.28. The van der Waals surface area contributed by atoms with E-state index in [1.165, 1.54) is 6.21 Å². The van der Waals surface area contributed by atoms with Gasteiger partial charge in [-0.05, 0) is 51.1 Å². The number of allylic oxidation sites excluding steroid dienone is 5. The number of hydrazone groups is 1. The van der Waals surface area contributed by atoms with Crippen molar-refractivity contribution >= 4 is 17.8 Å². The molecule has 2 N–H and O–H groups in total. The molecular weight excluding hydrogens is 444 g/mol. The van der Waals surface area contributed by atoms with Crippen LogP contribution in [-0.4, -0.2) is 47.7 Å². The molecule has 1 aromatic carbocycles. The van der Waals surface area contributed by atoms with E-state index >= 15 is 0 Å². The molecule has 2 rings (SSSR count). The van der Waals surface area contributed by atoms with E-state index in [4.69, 9.17) is 9.57 Å². The van der Waals surface area contributed by atoms with E-state index in [9.17, 15) is 4.79 Å². The molecule has 0 bridgehead atoms. The van der Waals surface area contributed by atoms with E-state index in [1.807, 2.05) is 63.4 Å². The second-order valence-corrected chi connectivity index (χ2v) is 7.38. The average Bonchev–Trinajstić information content (AvgIpc) is 3.30. The zero-order chi connectivity index (χ0) is 25.8. The predicted molar refractivity (Wildman–Crippen MR) is 141 cm³/mol. The number of carbonyl (C=O) groups excluding carboxylic acids is 1. The third kappa shape index (κ3) is 7.44. The molecule has 2 aromatic rings. The molecule has 35 heavy (non-hydrogen) atoms. The number of ether oxygens (including phenoxy) is 1. The Morgan fingerprint density at radius 1 is 1.34 bits per heavy atom. The number of rotatable bonds is 12. The Kier molecular flexibility index (Phi) is 10.5. The standard InChI is InChI=1S/C26H34N6O3/c1-8-11-12-19(4)31(5)28-18-21(26(33)30-35-10-3)22(9-2)29-23-14-13-20(17-25(23)34-7)24-15-16-27-32(24)6/h8-9,11-18,29H,2,10H2,1,3-7H3,(H,30,33)/b11-8-,19-12-,22-21-,28-18-. The fourth-order valence-corrected chi connectivity index (χ4v) is 3.01. The van der Waals surface area contributed by atoms with Gasteiger partial charge >= 0.3 is 0 Å². The van der Waals surface area contributed by atoms with Crippen molar-refractivity contribution < 1.29 is 14.4 Å². The number of nitrogens with one attached hydrogen (secondary N) is 2. The van der Waals surface area contributed by atoms with Crippen LogP contribution in [0.1, 0.15) is 20.8 Å². The molecule has 0 aliphatic carbocycles. The Bertz CT molecular complexity index is 1140. The highest BCUT2D eigenvalue weighted by atomic mass is 16.6. The fraction of sp³-hybridized carbons (Fsp3) is 0.269. The van der Waals surface area contributed by atoms with E-state index in [2.05, 4.69) is 27.6 Å². The van der Waals surface area contributed by atoms with Crippen LogP contribution in [-0.2, 0) is 16.7 Å². The molecule has 0 radical (unpaired) electrons. The van der Waals surface area contributed by atoms with Gasteiger partial charge in [0.1, 0.15) is 5.75 Å². The average molecular weight is 479 g/mol. The molecule has 0 fully saturated rings. The minimum Gasteiger partial charge on any atom is -0.495 e. The van der Waals surface area contributed by atoms with Crippen molar-refractivity contribution in [2.24, 2.45) is 12.1 Å². The van der Waals surface area contributed by atoms with Gasteiger partial charge in [-0.1, -0.05) is 24.8 Å². The quantitative estimate of drug-likeness (QED) is 0.203. The fourth-order valence-electron chi connectivity index (χ4n) is 3.01. The van der Waals surface area contributed by atoms with Gasteiger partial charge in [-0.15, -0.1) is 0 Å². The first-order valence-corrected chi connectivity index (χ1v) is 11.2. The predicted octanol–water partition coefficient (Wildman–Crippen LogP) is 4.41. The van der Waals surface area contributed by atoms with Gasteiger partial charge in [0.15, 0.2) is 0 Å². The van der Waals surface area contributed by atoms with Gasteiger partial charge in [0.05, 0.1) is 42.6 Å². The number of hydrogen-bond donors (Lipinski definition) is 2. The normalized spacial score (nSPS) is 12.6. The number of aryl methyl sites for hydroxylation is 1. The SMILES string of the molecule is C=C/C(Nc1ccc(-c2ccnn2C)cc1OC)=C(\C=N/N(C)/C(C)=C\C=C/C)C(=O)NOCC. The van der Waals surface area contributed by atoms with Crippen molar-refractivity contribution in [1.29, 1.82) is 0 Å². The van der Waals surface area contributed by atoms with E-state index in [0.717, 1.165) is 17.0 Å². The van der Waals surface area contributed by atoms with Crippen molar-refractivity contribution in [2.45, 2.75) is 20.8 Å². The summed E-state index contributed by atoms with van der Waals surface area (Å²) in [6, 6.07) is 7.64. The zero-order valence-electron chi connectivity index (χ0n) is 21.2. The maximum Gasteiger partial charge on any atom is 0.278 e. The van der Waals surface area contributed by atoms with Crippen LogP contribution in [0.2, 0.25) is 0 Å². The van der Waals surface area contributed by atoms with Gasteiger partial charge in [-0.3, -0.25) is 19.3 Å². The number of nitrogens with zero attached hydrogens (tertiary/aromatic N) is 4. The molecule has 0 spiro atoms. The number of carbonyl (C=O) groups is 1. The van der Waals surface area contributed by atoms with Crippen LogP contribution in [0.15, 0.2) is 83.4 Å². The molecule has 9 nitrogen and oxygen atoms in total. The highest BCUT2D eigenvalue weighted by Gasteiger charge is 2.16. The Labute approximate surface area is 207 Å². The zero-order valence-corrected chi connectivity index (χ0v) is 21.2. The largest absolute Gasteiger partial charge is 0.495 e. The van der Waals surface area contributed by atoms with Crippen LogP contribution in [0, 0.1) is 0 Å². The van der Waals surface area contributed by atoms with Crippen molar-refractivity contribution in [3.05, 3.63) is 78.3 Å². The van der Waals surface area contributed by atoms with E-state index in [1.54, 1.807) is 43.0 Å². The second kappa shape index (κ2) is 13.6. The van der Waals surface area contributed by atoms with Crippen LogP contribution in [0.4, 0.5) is 5.69 Å². The molecule has 1 aromatic heterocycles. The summed E-state index contributed by atoms with van der Waals surface area (Å²) in [6.07, 6.45) is 10.5. The smallest absolute Gasteiger partial charge is 0.278 e. The molecule has 0 saturated heterocycles. The van der Waals surface area contributed by atoms with Crippen molar-refractivity contribution in [2.75, 3.05) is 26.1 Å². The lowest BCUT2D eigenvalue weighted by molar-refractivity contribution is -0.128. The van der Waals surface area contributed by atoms with E-state index in [0.29, 0.717) is 23.7 Å². The molecule has 0 aliphatic rings. The maximum atomic E-state index is 12.9. The van der Waals surface area contributed by atoms with Gasteiger partial charge in [0.2, 0.25) is 0 Å². The second-order valence-electron chi connectivity index (χ2n) is 7.38. The molecule has 0 unspecified atom stereocenters. The Hall–Kier alpha value is -4.11. The molecule has 186 valence electrons. The van der Waals surface area contributed by atoms with Crippen LogP contribution >= 0.6 is 0 Å². The number of anilines is 1. The van der Waals surface area contributed by atoms with Crippen LogP contribution in [0.5, 0.6) is 5.75 Å². The molecular formula is C26H34N6O3. The number of benzene rings is 1. The van der Waals surface area contributed by atoms with Gasteiger partial charge < -0.3 is 10.1 Å². The summed E-state index contributed by atoms with van der Waals surface area (Å²) < 4.78 is 7.40. The number of hydrogen-bond acceptors (Lipinski definition) is 7. The minimum atomic E-state index is -0.466. The van der Waals surface area contributed by atoms with Crippen LogP contribution in [0.3, 0.4) is 0 Å².